The average molecular weight is 334 g/mol. The highest BCUT2D eigenvalue weighted by Gasteiger charge is 2.16. The van der Waals surface area contributed by atoms with Crippen LogP contribution in [0.1, 0.15) is 23.6 Å². The molecule has 1 aliphatic rings. The molecule has 1 aliphatic heterocycles. The zero-order valence-corrected chi connectivity index (χ0v) is 12.6. The fourth-order valence-corrected chi connectivity index (χ4v) is 2.81. The monoisotopic (exact) mass is 333 g/mol. The second kappa shape index (κ2) is 5.85. The summed E-state index contributed by atoms with van der Waals surface area (Å²) in [7, 11) is 0. The van der Waals surface area contributed by atoms with Crippen molar-refractivity contribution in [1.29, 1.82) is 0 Å². The minimum absolute atomic E-state index is 0.192. The predicted octanol–water partition coefficient (Wildman–Crippen LogP) is 3.66. The zero-order valence-electron chi connectivity index (χ0n) is 11.0. The molecule has 0 radical (unpaired) electrons. The molecule has 2 aromatic rings. The van der Waals surface area contributed by atoms with E-state index in [0.29, 0.717) is 13.2 Å². The Morgan fingerprint density at radius 1 is 1.00 bits per heavy atom. The summed E-state index contributed by atoms with van der Waals surface area (Å²) in [5, 5.41) is 0. The van der Waals surface area contributed by atoms with Gasteiger partial charge in [-0.1, -0.05) is 40.2 Å². The van der Waals surface area contributed by atoms with E-state index in [4.69, 9.17) is 15.2 Å². The fourth-order valence-electron chi connectivity index (χ4n) is 2.28. The van der Waals surface area contributed by atoms with E-state index in [1.807, 2.05) is 42.5 Å². The third kappa shape index (κ3) is 2.67. The van der Waals surface area contributed by atoms with E-state index in [-0.39, 0.29) is 6.04 Å². The second-order valence-electron chi connectivity index (χ2n) is 4.76. The Hall–Kier alpha value is -1.52. The van der Waals surface area contributed by atoms with Crippen LogP contribution in [-0.2, 0) is 0 Å². The maximum atomic E-state index is 6.36. The van der Waals surface area contributed by atoms with Gasteiger partial charge in [-0.05, 0) is 29.3 Å². The molecule has 0 fully saturated rings. The van der Waals surface area contributed by atoms with Gasteiger partial charge in [-0.25, -0.2) is 0 Å². The van der Waals surface area contributed by atoms with Gasteiger partial charge in [0, 0.05) is 10.9 Å². The molecule has 0 bridgehead atoms. The molecule has 1 unspecified atom stereocenters. The summed E-state index contributed by atoms with van der Waals surface area (Å²) in [4.78, 5) is 0. The summed E-state index contributed by atoms with van der Waals surface area (Å²) in [6.45, 7) is 1.38. The summed E-state index contributed by atoms with van der Waals surface area (Å²) < 4.78 is 12.4. The van der Waals surface area contributed by atoms with Gasteiger partial charge in [-0.3, -0.25) is 0 Å². The number of hydrogen-bond donors (Lipinski definition) is 1. The van der Waals surface area contributed by atoms with Crippen molar-refractivity contribution in [1.82, 2.24) is 0 Å². The van der Waals surface area contributed by atoms with E-state index in [0.717, 1.165) is 33.5 Å². The number of halogens is 1. The Kier molecular flexibility index (Phi) is 3.94. The number of benzene rings is 2. The molecule has 104 valence electrons. The lowest BCUT2D eigenvalue weighted by Crippen LogP contribution is -2.12. The Balaban J connectivity index is 1.94. The molecule has 1 atom stereocenters. The number of nitrogens with two attached hydrogens (primary N) is 1. The molecule has 0 aliphatic carbocycles. The topological polar surface area (TPSA) is 44.5 Å². The maximum Gasteiger partial charge on any atom is 0.161 e. The van der Waals surface area contributed by atoms with Crippen LogP contribution in [0.4, 0.5) is 0 Å². The highest BCUT2D eigenvalue weighted by molar-refractivity contribution is 9.10. The third-order valence-electron chi connectivity index (χ3n) is 3.37. The first-order chi connectivity index (χ1) is 9.75. The molecule has 2 N–H and O–H groups in total. The van der Waals surface area contributed by atoms with E-state index < -0.39 is 0 Å². The lowest BCUT2D eigenvalue weighted by Gasteiger charge is -2.16. The van der Waals surface area contributed by atoms with Crippen LogP contribution < -0.4 is 15.2 Å². The van der Waals surface area contributed by atoms with Crippen LogP contribution in [0.15, 0.2) is 46.9 Å². The van der Waals surface area contributed by atoms with Crippen molar-refractivity contribution in [3.05, 3.63) is 58.1 Å². The van der Waals surface area contributed by atoms with Crippen LogP contribution >= 0.6 is 15.9 Å². The van der Waals surface area contributed by atoms with E-state index in [1.165, 1.54) is 0 Å². The molecule has 0 saturated heterocycles. The van der Waals surface area contributed by atoms with Crippen molar-refractivity contribution >= 4 is 15.9 Å². The van der Waals surface area contributed by atoms with Crippen LogP contribution in [0.3, 0.4) is 0 Å². The average Bonchev–Trinajstić information content (AvgIpc) is 2.71. The molecule has 4 heteroatoms. The zero-order chi connectivity index (χ0) is 13.9. The first kappa shape index (κ1) is 13.5. The van der Waals surface area contributed by atoms with Crippen molar-refractivity contribution in [2.45, 2.75) is 12.5 Å². The van der Waals surface area contributed by atoms with Crippen molar-refractivity contribution in [2.75, 3.05) is 13.2 Å². The Bertz CT molecular complexity index is 615. The third-order valence-corrected chi connectivity index (χ3v) is 4.09. The first-order valence-corrected chi connectivity index (χ1v) is 7.44. The second-order valence-corrected chi connectivity index (χ2v) is 5.61. The van der Waals surface area contributed by atoms with Gasteiger partial charge in [0.1, 0.15) is 0 Å². The smallest absolute Gasteiger partial charge is 0.161 e. The maximum absolute atomic E-state index is 6.36. The standard InChI is InChI=1S/C16H16BrNO2/c17-13-5-2-1-4-12(13)16(18)11-6-7-14-15(10-11)20-9-3-8-19-14/h1-2,4-7,10,16H,3,8-9,18H2. The van der Waals surface area contributed by atoms with Crippen molar-refractivity contribution < 1.29 is 9.47 Å². The van der Waals surface area contributed by atoms with E-state index in [2.05, 4.69) is 15.9 Å². The van der Waals surface area contributed by atoms with Crippen molar-refractivity contribution in [3.63, 3.8) is 0 Å². The lowest BCUT2D eigenvalue weighted by atomic mass is 9.99. The molecule has 3 nitrogen and oxygen atoms in total. The van der Waals surface area contributed by atoms with Crippen LogP contribution in [0, 0.1) is 0 Å². The van der Waals surface area contributed by atoms with Gasteiger partial charge in [0.25, 0.3) is 0 Å². The predicted molar refractivity (Wildman–Crippen MR) is 82.2 cm³/mol. The molecule has 0 saturated carbocycles. The van der Waals surface area contributed by atoms with E-state index in [9.17, 15) is 0 Å². The molecular weight excluding hydrogens is 318 g/mol. The highest BCUT2D eigenvalue weighted by Crippen LogP contribution is 2.34. The van der Waals surface area contributed by atoms with Gasteiger partial charge in [0.15, 0.2) is 11.5 Å². The van der Waals surface area contributed by atoms with Crippen LogP contribution in [0.5, 0.6) is 11.5 Å². The largest absolute Gasteiger partial charge is 0.490 e. The van der Waals surface area contributed by atoms with Gasteiger partial charge in [0.2, 0.25) is 0 Å². The minimum atomic E-state index is -0.192. The molecular formula is C16H16BrNO2. The lowest BCUT2D eigenvalue weighted by molar-refractivity contribution is 0.297. The molecule has 1 heterocycles. The molecule has 3 rings (SSSR count). The van der Waals surface area contributed by atoms with Gasteiger partial charge < -0.3 is 15.2 Å². The number of hydrogen-bond acceptors (Lipinski definition) is 3. The Labute approximate surface area is 126 Å². The molecule has 20 heavy (non-hydrogen) atoms. The van der Waals surface area contributed by atoms with Gasteiger partial charge >= 0.3 is 0 Å². The van der Waals surface area contributed by atoms with Crippen molar-refractivity contribution in [2.24, 2.45) is 5.73 Å². The number of rotatable bonds is 2. The summed E-state index contributed by atoms with van der Waals surface area (Å²) in [6, 6.07) is 13.7. The minimum Gasteiger partial charge on any atom is -0.490 e. The molecule has 0 aromatic heterocycles. The summed E-state index contributed by atoms with van der Waals surface area (Å²) in [5.74, 6) is 1.58. The van der Waals surface area contributed by atoms with Crippen LogP contribution in [0.2, 0.25) is 0 Å². The normalized spacial score (nSPS) is 15.5. The summed E-state index contributed by atoms with van der Waals surface area (Å²) in [6.07, 6.45) is 0.903. The summed E-state index contributed by atoms with van der Waals surface area (Å²) in [5.41, 5.74) is 8.44. The SMILES string of the molecule is NC(c1ccc2c(c1)OCCCO2)c1ccccc1Br. The van der Waals surface area contributed by atoms with Gasteiger partial charge in [-0.2, -0.15) is 0 Å². The van der Waals surface area contributed by atoms with Gasteiger partial charge in [0.05, 0.1) is 19.3 Å². The quantitative estimate of drug-likeness (QED) is 0.912. The van der Waals surface area contributed by atoms with Crippen LogP contribution in [-0.4, -0.2) is 13.2 Å². The number of ether oxygens (including phenoxy) is 2. The van der Waals surface area contributed by atoms with E-state index in [1.54, 1.807) is 0 Å². The highest BCUT2D eigenvalue weighted by atomic mass is 79.9. The molecule has 2 aromatic carbocycles. The van der Waals surface area contributed by atoms with Gasteiger partial charge in [-0.15, -0.1) is 0 Å². The Morgan fingerprint density at radius 2 is 1.75 bits per heavy atom. The summed E-state index contributed by atoms with van der Waals surface area (Å²) >= 11 is 3.55. The fraction of sp³-hybridized carbons (Fsp3) is 0.250. The number of fused-ring (bicyclic) bond motifs is 1. The molecule has 0 amide bonds. The molecule has 0 spiro atoms. The van der Waals surface area contributed by atoms with Crippen molar-refractivity contribution in [3.8, 4) is 11.5 Å². The first-order valence-electron chi connectivity index (χ1n) is 6.65. The van der Waals surface area contributed by atoms with Crippen LogP contribution in [0.25, 0.3) is 0 Å². The van der Waals surface area contributed by atoms with E-state index >= 15 is 0 Å². The Morgan fingerprint density at radius 3 is 2.55 bits per heavy atom.